The quantitative estimate of drug-likeness (QED) is 0.307. The van der Waals surface area contributed by atoms with E-state index in [-0.39, 0.29) is 0 Å². The van der Waals surface area contributed by atoms with Gasteiger partial charge in [-0.25, -0.2) is 0 Å². The highest BCUT2D eigenvalue weighted by Gasteiger charge is 2.16. The Balaban J connectivity index is 1.66. The molecule has 0 N–H and O–H groups in total. The molecule has 0 saturated carbocycles. The van der Waals surface area contributed by atoms with Crippen LogP contribution < -0.4 is 0 Å². The minimum atomic E-state index is 0.697. The summed E-state index contributed by atoms with van der Waals surface area (Å²) in [6.07, 6.45) is 1.90. The first-order chi connectivity index (χ1) is 12.8. The van der Waals surface area contributed by atoms with Crippen molar-refractivity contribution in [1.29, 1.82) is 0 Å². The molecule has 26 heavy (non-hydrogen) atoms. The first-order valence-corrected chi connectivity index (χ1v) is 10.3. The Morgan fingerprint density at radius 1 is 1.12 bits per heavy atom. The van der Waals surface area contributed by atoms with Crippen LogP contribution in [0.2, 0.25) is 0 Å². The van der Waals surface area contributed by atoms with E-state index in [4.69, 9.17) is 0 Å². The maximum atomic E-state index is 4.50. The molecule has 0 fully saturated rings. The molecule has 3 nitrogen and oxygen atoms in total. The zero-order chi connectivity index (χ0) is 17.9. The zero-order valence-corrected chi connectivity index (χ0v) is 16.2. The molecule has 0 atom stereocenters. The number of nitrogens with zero attached hydrogens (tertiary/aromatic N) is 3. The van der Waals surface area contributed by atoms with E-state index in [9.17, 15) is 0 Å². The van der Waals surface area contributed by atoms with Crippen LogP contribution in [0.1, 0.15) is 11.1 Å². The molecule has 0 aliphatic carbocycles. The van der Waals surface area contributed by atoms with Gasteiger partial charge in [-0.1, -0.05) is 65.9 Å². The van der Waals surface area contributed by atoms with Crippen LogP contribution in [0.25, 0.3) is 21.5 Å². The second-order valence-corrected chi connectivity index (χ2v) is 7.98. The fourth-order valence-electron chi connectivity index (χ4n) is 2.87. The van der Waals surface area contributed by atoms with Gasteiger partial charge in [0, 0.05) is 33.3 Å². The van der Waals surface area contributed by atoms with Crippen LogP contribution in [0.3, 0.4) is 0 Å². The largest absolute Gasteiger partial charge is 0.298 e. The van der Waals surface area contributed by atoms with Crippen LogP contribution >= 0.6 is 23.1 Å². The molecule has 4 rings (SSSR count). The Kier molecular flexibility index (Phi) is 4.91. The van der Waals surface area contributed by atoms with Crippen molar-refractivity contribution in [2.24, 2.45) is 0 Å². The number of thioether (sulfide) groups is 1. The number of allylic oxidation sites excluding steroid dienone is 1. The fourth-order valence-corrected chi connectivity index (χ4v) is 4.71. The predicted molar refractivity (Wildman–Crippen MR) is 112 cm³/mol. The highest BCUT2D eigenvalue weighted by Crippen LogP contribution is 2.34. The number of benzene rings is 2. The molecule has 2 aromatic heterocycles. The molecule has 2 aromatic carbocycles. The molecule has 130 valence electrons. The van der Waals surface area contributed by atoms with Gasteiger partial charge >= 0.3 is 0 Å². The summed E-state index contributed by atoms with van der Waals surface area (Å²) >= 11 is 3.46. The molecular formula is C21H19N3S2. The SMILES string of the molecule is C=CCn1c(SCc2ccc(C)cc2)nnc1-c1csc2ccccc12. The summed E-state index contributed by atoms with van der Waals surface area (Å²) in [4.78, 5) is 0. The molecule has 0 aliphatic rings. The van der Waals surface area contributed by atoms with E-state index in [1.54, 1.807) is 23.1 Å². The lowest BCUT2D eigenvalue weighted by atomic mass is 10.1. The molecule has 0 spiro atoms. The lowest BCUT2D eigenvalue weighted by Crippen LogP contribution is -2.00. The van der Waals surface area contributed by atoms with Crippen LogP contribution in [-0.4, -0.2) is 14.8 Å². The van der Waals surface area contributed by atoms with E-state index in [0.717, 1.165) is 22.3 Å². The molecule has 0 unspecified atom stereocenters. The van der Waals surface area contributed by atoms with Crippen molar-refractivity contribution in [2.75, 3.05) is 0 Å². The van der Waals surface area contributed by atoms with Crippen molar-refractivity contribution < 1.29 is 0 Å². The Morgan fingerprint density at radius 2 is 1.92 bits per heavy atom. The number of fused-ring (bicyclic) bond motifs is 1. The molecule has 2 heterocycles. The lowest BCUT2D eigenvalue weighted by Gasteiger charge is -2.07. The van der Waals surface area contributed by atoms with Gasteiger partial charge in [0.2, 0.25) is 0 Å². The second-order valence-electron chi connectivity index (χ2n) is 6.13. The van der Waals surface area contributed by atoms with Crippen molar-refractivity contribution in [1.82, 2.24) is 14.8 Å². The smallest absolute Gasteiger partial charge is 0.192 e. The number of aromatic nitrogens is 3. The van der Waals surface area contributed by atoms with Gasteiger partial charge in [-0.05, 0) is 18.6 Å². The van der Waals surface area contributed by atoms with Gasteiger partial charge in [0.15, 0.2) is 11.0 Å². The fraction of sp³-hybridized carbons (Fsp3) is 0.143. The molecule has 0 amide bonds. The summed E-state index contributed by atoms with van der Waals surface area (Å²) in [5.74, 6) is 1.79. The third kappa shape index (κ3) is 3.32. The number of thiophene rings is 1. The van der Waals surface area contributed by atoms with Crippen molar-refractivity contribution in [3.8, 4) is 11.4 Å². The second kappa shape index (κ2) is 7.48. The van der Waals surface area contributed by atoms with Gasteiger partial charge in [0.25, 0.3) is 0 Å². The summed E-state index contributed by atoms with van der Waals surface area (Å²) in [5.41, 5.74) is 3.71. The topological polar surface area (TPSA) is 30.7 Å². The molecule has 0 aliphatic heterocycles. The van der Waals surface area contributed by atoms with E-state index in [1.165, 1.54) is 21.2 Å². The molecule has 0 radical (unpaired) electrons. The summed E-state index contributed by atoms with van der Waals surface area (Å²) in [6.45, 7) is 6.71. The zero-order valence-electron chi connectivity index (χ0n) is 14.6. The van der Waals surface area contributed by atoms with Gasteiger partial charge < -0.3 is 0 Å². The van der Waals surface area contributed by atoms with E-state index >= 15 is 0 Å². The van der Waals surface area contributed by atoms with Crippen LogP contribution in [0, 0.1) is 6.92 Å². The van der Waals surface area contributed by atoms with Crippen LogP contribution in [0.4, 0.5) is 0 Å². The minimum absolute atomic E-state index is 0.697. The Labute approximate surface area is 161 Å². The summed E-state index contributed by atoms with van der Waals surface area (Å²) in [6, 6.07) is 17.1. The first kappa shape index (κ1) is 17.1. The Hall–Kier alpha value is -2.37. The third-order valence-corrected chi connectivity index (χ3v) is 6.24. The molecular weight excluding hydrogens is 358 g/mol. The molecule has 0 saturated heterocycles. The van der Waals surface area contributed by atoms with Crippen LogP contribution in [0.5, 0.6) is 0 Å². The van der Waals surface area contributed by atoms with Gasteiger partial charge in [0.05, 0.1) is 0 Å². The van der Waals surface area contributed by atoms with E-state index in [1.807, 2.05) is 6.08 Å². The standard InChI is InChI=1S/C21H19N3S2/c1-3-12-24-20(18-14-25-19-7-5-4-6-17(18)19)22-23-21(24)26-13-16-10-8-15(2)9-11-16/h3-11,14H,1,12-13H2,2H3. The van der Waals surface area contributed by atoms with E-state index in [0.29, 0.717) is 6.54 Å². The average molecular weight is 378 g/mol. The predicted octanol–water partition coefficient (Wildman–Crippen LogP) is 5.95. The van der Waals surface area contributed by atoms with Crippen LogP contribution in [0.15, 0.2) is 71.7 Å². The van der Waals surface area contributed by atoms with Crippen LogP contribution in [-0.2, 0) is 12.3 Å². The minimum Gasteiger partial charge on any atom is -0.298 e. The maximum Gasteiger partial charge on any atom is 0.192 e. The van der Waals surface area contributed by atoms with Gasteiger partial charge in [-0.15, -0.1) is 28.1 Å². The summed E-state index contributed by atoms with van der Waals surface area (Å²) < 4.78 is 3.42. The lowest BCUT2D eigenvalue weighted by molar-refractivity contribution is 0.731. The number of rotatable bonds is 6. The van der Waals surface area contributed by atoms with Crippen molar-refractivity contribution in [3.63, 3.8) is 0 Å². The molecule has 4 aromatic rings. The summed E-state index contributed by atoms with van der Waals surface area (Å²) in [5, 5.41) is 13.3. The number of aryl methyl sites for hydroxylation is 1. The van der Waals surface area contributed by atoms with Gasteiger partial charge in [-0.2, -0.15) is 0 Å². The average Bonchev–Trinajstić information content (AvgIpc) is 3.25. The van der Waals surface area contributed by atoms with Gasteiger partial charge in [-0.3, -0.25) is 4.57 Å². The first-order valence-electron chi connectivity index (χ1n) is 8.45. The molecule has 0 bridgehead atoms. The monoisotopic (exact) mass is 377 g/mol. The third-order valence-electron chi connectivity index (χ3n) is 4.24. The van der Waals surface area contributed by atoms with Crippen molar-refractivity contribution in [2.45, 2.75) is 24.4 Å². The maximum absolute atomic E-state index is 4.50. The highest BCUT2D eigenvalue weighted by atomic mass is 32.2. The van der Waals surface area contributed by atoms with Crippen molar-refractivity contribution in [3.05, 3.63) is 77.7 Å². The number of hydrogen-bond acceptors (Lipinski definition) is 4. The highest BCUT2D eigenvalue weighted by molar-refractivity contribution is 7.98. The molecule has 5 heteroatoms. The summed E-state index contributed by atoms with van der Waals surface area (Å²) in [7, 11) is 0. The number of hydrogen-bond donors (Lipinski definition) is 0. The van der Waals surface area contributed by atoms with E-state index in [2.05, 4.69) is 82.2 Å². The van der Waals surface area contributed by atoms with Gasteiger partial charge in [0.1, 0.15) is 0 Å². The van der Waals surface area contributed by atoms with E-state index < -0.39 is 0 Å². The normalized spacial score (nSPS) is 11.1. The Bertz CT molecular complexity index is 1040. The Morgan fingerprint density at radius 3 is 2.73 bits per heavy atom. The van der Waals surface area contributed by atoms with Crippen molar-refractivity contribution >= 4 is 33.2 Å².